The molecule has 0 saturated heterocycles. The summed E-state index contributed by atoms with van der Waals surface area (Å²) in [7, 11) is 0. The SMILES string of the molecule is C1=CN2C=CCN2C1. The van der Waals surface area contributed by atoms with Crippen LogP contribution < -0.4 is 0 Å². The summed E-state index contributed by atoms with van der Waals surface area (Å²) in [4.78, 5) is 0. The predicted molar refractivity (Wildman–Crippen MR) is 31.7 cm³/mol. The zero-order chi connectivity index (χ0) is 5.40. The molecule has 0 fully saturated rings. The minimum Gasteiger partial charge on any atom is -0.289 e. The number of hydrogen-bond donors (Lipinski definition) is 0. The van der Waals surface area contributed by atoms with Crippen molar-refractivity contribution in [2.24, 2.45) is 0 Å². The second-order valence-electron chi connectivity index (χ2n) is 2.02. The molecular weight excluding hydrogens is 100 g/mol. The topological polar surface area (TPSA) is 6.48 Å². The maximum absolute atomic E-state index is 2.25. The summed E-state index contributed by atoms with van der Waals surface area (Å²) >= 11 is 0. The van der Waals surface area contributed by atoms with Crippen LogP contribution in [-0.2, 0) is 0 Å². The molecule has 0 N–H and O–H groups in total. The third-order valence-corrected chi connectivity index (χ3v) is 1.48. The van der Waals surface area contributed by atoms with Gasteiger partial charge in [-0.3, -0.25) is 5.01 Å². The van der Waals surface area contributed by atoms with Crippen LogP contribution >= 0.6 is 0 Å². The number of fused-ring (bicyclic) bond motifs is 1. The van der Waals surface area contributed by atoms with E-state index in [2.05, 4.69) is 34.6 Å². The second kappa shape index (κ2) is 1.36. The molecular formula is C6H8N2. The highest BCUT2D eigenvalue weighted by molar-refractivity contribution is 5.04. The van der Waals surface area contributed by atoms with Gasteiger partial charge in [-0.25, -0.2) is 5.01 Å². The van der Waals surface area contributed by atoms with Gasteiger partial charge in [0.05, 0.1) is 0 Å². The molecule has 0 radical (unpaired) electrons. The molecule has 8 heavy (non-hydrogen) atoms. The van der Waals surface area contributed by atoms with E-state index in [1.165, 1.54) is 0 Å². The first-order chi connectivity index (χ1) is 3.97. The first-order valence-corrected chi connectivity index (χ1v) is 2.83. The molecule has 2 aliphatic heterocycles. The van der Waals surface area contributed by atoms with E-state index < -0.39 is 0 Å². The highest BCUT2D eigenvalue weighted by atomic mass is 15.6. The van der Waals surface area contributed by atoms with Crippen molar-refractivity contribution in [3.63, 3.8) is 0 Å². The van der Waals surface area contributed by atoms with Gasteiger partial charge >= 0.3 is 0 Å². The van der Waals surface area contributed by atoms with Crippen LogP contribution in [0.25, 0.3) is 0 Å². The molecule has 0 spiro atoms. The molecule has 0 aromatic rings. The van der Waals surface area contributed by atoms with Crippen LogP contribution in [0, 0.1) is 0 Å². The Kier molecular flexibility index (Phi) is 0.704. The van der Waals surface area contributed by atoms with Crippen LogP contribution in [0.15, 0.2) is 24.6 Å². The Morgan fingerprint density at radius 1 is 1.00 bits per heavy atom. The maximum Gasteiger partial charge on any atom is 0.0386 e. The van der Waals surface area contributed by atoms with Crippen molar-refractivity contribution in [2.45, 2.75) is 0 Å². The van der Waals surface area contributed by atoms with Crippen molar-refractivity contribution in [3.05, 3.63) is 24.6 Å². The van der Waals surface area contributed by atoms with Crippen molar-refractivity contribution < 1.29 is 0 Å². The van der Waals surface area contributed by atoms with Crippen LogP contribution in [0.5, 0.6) is 0 Å². The van der Waals surface area contributed by atoms with Gasteiger partial charge in [-0.1, -0.05) is 12.2 Å². The molecule has 2 heteroatoms. The van der Waals surface area contributed by atoms with Gasteiger partial charge in [-0.05, 0) is 0 Å². The highest BCUT2D eigenvalue weighted by Gasteiger charge is 2.15. The van der Waals surface area contributed by atoms with Crippen molar-refractivity contribution in [3.8, 4) is 0 Å². The summed E-state index contributed by atoms with van der Waals surface area (Å²) in [6, 6.07) is 0. The zero-order valence-electron chi connectivity index (χ0n) is 4.62. The summed E-state index contributed by atoms with van der Waals surface area (Å²) in [5.74, 6) is 0. The molecule has 0 aliphatic carbocycles. The molecule has 0 aromatic heterocycles. The van der Waals surface area contributed by atoms with E-state index in [4.69, 9.17) is 0 Å². The van der Waals surface area contributed by atoms with E-state index in [-0.39, 0.29) is 0 Å². The Hall–Kier alpha value is -0.760. The molecule has 2 nitrogen and oxygen atoms in total. The van der Waals surface area contributed by atoms with Gasteiger partial charge in [0, 0.05) is 25.5 Å². The van der Waals surface area contributed by atoms with Gasteiger partial charge in [-0.15, -0.1) is 0 Å². The lowest BCUT2D eigenvalue weighted by Crippen LogP contribution is -2.26. The van der Waals surface area contributed by atoms with Crippen molar-refractivity contribution in [1.29, 1.82) is 0 Å². The molecule has 0 unspecified atom stereocenters. The van der Waals surface area contributed by atoms with Crippen molar-refractivity contribution in [2.75, 3.05) is 13.1 Å². The van der Waals surface area contributed by atoms with Gasteiger partial charge in [-0.2, -0.15) is 0 Å². The summed E-state index contributed by atoms with van der Waals surface area (Å²) in [6.45, 7) is 2.15. The average molecular weight is 108 g/mol. The van der Waals surface area contributed by atoms with Gasteiger partial charge in [0.2, 0.25) is 0 Å². The number of hydrogen-bond acceptors (Lipinski definition) is 2. The molecule has 2 rings (SSSR count). The maximum atomic E-state index is 2.25. The largest absolute Gasteiger partial charge is 0.289 e. The molecule has 0 aromatic carbocycles. The molecule has 0 saturated carbocycles. The smallest absolute Gasteiger partial charge is 0.0386 e. The summed E-state index contributed by atoms with van der Waals surface area (Å²) in [6.07, 6.45) is 8.49. The molecule has 2 aliphatic rings. The van der Waals surface area contributed by atoms with E-state index in [1.54, 1.807) is 0 Å². The van der Waals surface area contributed by atoms with E-state index in [1.807, 2.05) is 0 Å². The fraction of sp³-hybridized carbons (Fsp3) is 0.333. The summed E-state index contributed by atoms with van der Waals surface area (Å²) < 4.78 is 0. The first-order valence-electron chi connectivity index (χ1n) is 2.83. The molecule has 42 valence electrons. The second-order valence-corrected chi connectivity index (χ2v) is 2.02. The van der Waals surface area contributed by atoms with Crippen molar-refractivity contribution in [1.82, 2.24) is 10.0 Å². The standard InChI is InChI=1S/C6H8N2/c1-3-7-5-2-6-8(7)4-1/h1-3,5H,4,6H2. The fourth-order valence-electron chi connectivity index (χ4n) is 1.05. The van der Waals surface area contributed by atoms with Crippen LogP contribution in [0.1, 0.15) is 0 Å². The molecule has 0 amide bonds. The van der Waals surface area contributed by atoms with E-state index >= 15 is 0 Å². The Bertz CT molecular complexity index is 133. The fourth-order valence-corrected chi connectivity index (χ4v) is 1.05. The molecule has 0 atom stereocenters. The molecule has 0 bridgehead atoms. The van der Waals surface area contributed by atoms with Crippen LogP contribution in [0.4, 0.5) is 0 Å². The lowest BCUT2D eigenvalue weighted by atomic mass is 10.5. The number of hydrazine groups is 1. The number of rotatable bonds is 0. The quantitative estimate of drug-likeness (QED) is 0.447. The highest BCUT2D eigenvalue weighted by Crippen LogP contribution is 2.12. The van der Waals surface area contributed by atoms with E-state index in [0.717, 1.165) is 13.1 Å². The third kappa shape index (κ3) is 0.406. The Morgan fingerprint density at radius 3 is 2.12 bits per heavy atom. The van der Waals surface area contributed by atoms with Gasteiger partial charge in [0.1, 0.15) is 0 Å². The van der Waals surface area contributed by atoms with Crippen LogP contribution in [0.3, 0.4) is 0 Å². The third-order valence-electron chi connectivity index (χ3n) is 1.48. The Morgan fingerprint density at radius 2 is 1.62 bits per heavy atom. The first kappa shape index (κ1) is 4.15. The predicted octanol–water partition coefficient (Wildman–Crippen LogP) is 0.560. The molecule has 2 heterocycles. The minimum absolute atomic E-state index is 1.08. The van der Waals surface area contributed by atoms with Crippen LogP contribution in [-0.4, -0.2) is 23.1 Å². The van der Waals surface area contributed by atoms with E-state index in [0.29, 0.717) is 0 Å². The minimum atomic E-state index is 1.08. The normalized spacial score (nSPS) is 25.2. The lowest BCUT2D eigenvalue weighted by molar-refractivity contribution is 0.142. The summed E-state index contributed by atoms with van der Waals surface area (Å²) in [5.41, 5.74) is 0. The van der Waals surface area contributed by atoms with Gasteiger partial charge in [0.25, 0.3) is 0 Å². The number of nitrogens with zero attached hydrogens (tertiary/aromatic N) is 2. The van der Waals surface area contributed by atoms with Crippen LogP contribution in [0.2, 0.25) is 0 Å². The zero-order valence-corrected chi connectivity index (χ0v) is 4.62. The lowest BCUT2D eigenvalue weighted by Gasteiger charge is -2.17. The van der Waals surface area contributed by atoms with E-state index in [9.17, 15) is 0 Å². The van der Waals surface area contributed by atoms with Gasteiger partial charge in [0.15, 0.2) is 0 Å². The monoisotopic (exact) mass is 108 g/mol. The Labute approximate surface area is 48.7 Å². The van der Waals surface area contributed by atoms with Crippen molar-refractivity contribution >= 4 is 0 Å². The average Bonchev–Trinajstić information content (AvgIpc) is 2.15. The Balaban J connectivity index is 2.22. The summed E-state index contributed by atoms with van der Waals surface area (Å²) in [5, 5.41) is 4.36. The van der Waals surface area contributed by atoms with Gasteiger partial charge < -0.3 is 0 Å².